The SMILES string of the molecule is CCSN(C(C)C)C(C)C. The highest BCUT2D eigenvalue weighted by Crippen LogP contribution is 2.17. The Morgan fingerprint density at radius 1 is 1.10 bits per heavy atom. The smallest absolute Gasteiger partial charge is 0.0148 e. The van der Waals surface area contributed by atoms with Crippen molar-refractivity contribution in [1.29, 1.82) is 0 Å². The average molecular weight is 161 g/mol. The van der Waals surface area contributed by atoms with E-state index in [2.05, 4.69) is 38.9 Å². The van der Waals surface area contributed by atoms with Gasteiger partial charge in [-0.2, -0.15) is 0 Å². The molecule has 0 saturated carbocycles. The molecule has 0 aliphatic heterocycles. The zero-order valence-electron chi connectivity index (χ0n) is 7.72. The van der Waals surface area contributed by atoms with Crippen LogP contribution in [0.2, 0.25) is 0 Å². The highest BCUT2D eigenvalue weighted by Gasteiger charge is 2.11. The van der Waals surface area contributed by atoms with Crippen LogP contribution in [0.4, 0.5) is 0 Å². The molecule has 0 rings (SSSR count). The summed E-state index contributed by atoms with van der Waals surface area (Å²) in [5.74, 6) is 1.18. The van der Waals surface area contributed by atoms with Gasteiger partial charge in [-0.25, -0.2) is 4.31 Å². The van der Waals surface area contributed by atoms with E-state index in [4.69, 9.17) is 0 Å². The summed E-state index contributed by atoms with van der Waals surface area (Å²) in [4.78, 5) is 0. The van der Waals surface area contributed by atoms with E-state index in [-0.39, 0.29) is 0 Å². The van der Waals surface area contributed by atoms with E-state index in [9.17, 15) is 0 Å². The first-order valence-corrected chi connectivity index (χ1v) is 4.95. The van der Waals surface area contributed by atoms with Crippen LogP contribution in [0.3, 0.4) is 0 Å². The van der Waals surface area contributed by atoms with E-state index in [1.807, 2.05) is 11.9 Å². The second-order valence-electron chi connectivity index (χ2n) is 2.97. The lowest BCUT2D eigenvalue weighted by Crippen LogP contribution is -2.30. The molecule has 0 aromatic rings. The fourth-order valence-electron chi connectivity index (χ4n) is 1.04. The predicted octanol–water partition coefficient (Wildman–Crippen LogP) is 2.77. The van der Waals surface area contributed by atoms with E-state index < -0.39 is 0 Å². The number of nitrogens with zero attached hydrogens (tertiary/aromatic N) is 1. The Morgan fingerprint density at radius 2 is 1.50 bits per heavy atom. The first-order chi connectivity index (χ1) is 4.59. The Kier molecular flexibility index (Phi) is 5.18. The first kappa shape index (κ1) is 10.3. The van der Waals surface area contributed by atoms with Gasteiger partial charge in [-0.15, -0.1) is 0 Å². The standard InChI is InChI=1S/C8H19NS/c1-6-10-9(7(2)3)8(4)5/h7-8H,6H2,1-5H3. The molecule has 0 aliphatic carbocycles. The van der Waals surface area contributed by atoms with Crippen LogP contribution in [0.25, 0.3) is 0 Å². The number of hydrogen-bond acceptors (Lipinski definition) is 2. The molecule has 0 aromatic heterocycles. The molecular formula is C8H19NS. The lowest BCUT2D eigenvalue weighted by atomic mass is 10.3. The van der Waals surface area contributed by atoms with Crippen LogP contribution in [-0.4, -0.2) is 22.1 Å². The van der Waals surface area contributed by atoms with Gasteiger partial charge in [0.1, 0.15) is 0 Å². The van der Waals surface area contributed by atoms with Crippen molar-refractivity contribution in [2.24, 2.45) is 0 Å². The van der Waals surface area contributed by atoms with Crippen molar-refractivity contribution >= 4 is 11.9 Å². The highest BCUT2D eigenvalue weighted by molar-refractivity contribution is 7.97. The van der Waals surface area contributed by atoms with E-state index in [0.717, 1.165) is 0 Å². The lowest BCUT2D eigenvalue weighted by molar-refractivity contribution is 0.336. The molecule has 2 heteroatoms. The Balaban J connectivity index is 3.73. The van der Waals surface area contributed by atoms with Crippen molar-refractivity contribution in [3.05, 3.63) is 0 Å². The average Bonchev–Trinajstić information content (AvgIpc) is 1.81. The van der Waals surface area contributed by atoms with Gasteiger partial charge in [0.25, 0.3) is 0 Å². The maximum atomic E-state index is 2.43. The van der Waals surface area contributed by atoms with Gasteiger partial charge in [0.15, 0.2) is 0 Å². The quantitative estimate of drug-likeness (QED) is 0.583. The predicted molar refractivity (Wildman–Crippen MR) is 50.2 cm³/mol. The summed E-state index contributed by atoms with van der Waals surface area (Å²) in [6, 6.07) is 1.31. The minimum Gasteiger partial charge on any atom is -0.246 e. The second-order valence-corrected chi connectivity index (χ2v) is 4.22. The topological polar surface area (TPSA) is 3.24 Å². The maximum absolute atomic E-state index is 2.43. The molecule has 0 atom stereocenters. The van der Waals surface area contributed by atoms with Crippen molar-refractivity contribution < 1.29 is 0 Å². The molecule has 0 spiro atoms. The van der Waals surface area contributed by atoms with Crippen LogP contribution in [0, 0.1) is 0 Å². The van der Waals surface area contributed by atoms with Crippen molar-refractivity contribution in [2.75, 3.05) is 5.75 Å². The van der Waals surface area contributed by atoms with Gasteiger partial charge in [0.05, 0.1) is 0 Å². The van der Waals surface area contributed by atoms with E-state index in [0.29, 0.717) is 12.1 Å². The molecule has 0 N–H and O–H groups in total. The largest absolute Gasteiger partial charge is 0.246 e. The molecule has 0 bridgehead atoms. The zero-order chi connectivity index (χ0) is 8.15. The molecule has 0 heterocycles. The Labute approximate surface area is 69.3 Å². The Bertz CT molecular complexity index is 73.3. The molecule has 62 valence electrons. The Hall–Kier alpha value is 0.310. The summed E-state index contributed by atoms with van der Waals surface area (Å²) in [6.07, 6.45) is 0. The second kappa shape index (κ2) is 5.03. The fraction of sp³-hybridized carbons (Fsp3) is 1.00. The monoisotopic (exact) mass is 161 g/mol. The van der Waals surface area contributed by atoms with E-state index in [1.165, 1.54) is 5.75 Å². The molecule has 0 saturated heterocycles. The minimum atomic E-state index is 0.657. The van der Waals surface area contributed by atoms with Crippen LogP contribution < -0.4 is 0 Å². The summed E-state index contributed by atoms with van der Waals surface area (Å²) in [7, 11) is 0. The normalized spacial score (nSPS) is 12.0. The molecule has 10 heavy (non-hydrogen) atoms. The van der Waals surface area contributed by atoms with Crippen molar-refractivity contribution in [3.63, 3.8) is 0 Å². The van der Waals surface area contributed by atoms with E-state index >= 15 is 0 Å². The fourth-order valence-corrected chi connectivity index (χ4v) is 1.94. The third-order valence-electron chi connectivity index (χ3n) is 1.30. The number of rotatable bonds is 4. The van der Waals surface area contributed by atoms with Gasteiger partial charge in [0.2, 0.25) is 0 Å². The molecular weight excluding hydrogens is 142 g/mol. The first-order valence-electron chi connectivity index (χ1n) is 4.00. The molecule has 0 amide bonds. The van der Waals surface area contributed by atoms with Crippen LogP contribution in [0.5, 0.6) is 0 Å². The third kappa shape index (κ3) is 3.47. The maximum Gasteiger partial charge on any atom is 0.0148 e. The molecule has 0 aliphatic rings. The van der Waals surface area contributed by atoms with Crippen LogP contribution in [0.1, 0.15) is 34.6 Å². The summed E-state index contributed by atoms with van der Waals surface area (Å²) in [5.41, 5.74) is 0. The van der Waals surface area contributed by atoms with Gasteiger partial charge < -0.3 is 0 Å². The van der Waals surface area contributed by atoms with E-state index in [1.54, 1.807) is 0 Å². The zero-order valence-corrected chi connectivity index (χ0v) is 8.53. The molecule has 0 aromatic carbocycles. The Morgan fingerprint density at radius 3 is 1.60 bits per heavy atom. The van der Waals surface area contributed by atoms with Gasteiger partial charge in [-0.1, -0.05) is 18.9 Å². The lowest BCUT2D eigenvalue weighted by Gasteiger charge is -2.28. The highest BCUT2D eigenvalue weighted by atomic mass is 32.2. The molecule has 1 nitrogen and oxygen atoms in total. The molecule has 0 fully saturated rings. The van der Waals surface area contributed by atoms with Crippen LogP contribution >= 0.6 is 11.9 Å². The van der Waals surface area contributed by atoms with Crippen LogP contribution in [0.15, 0.2) is 0 Å². The summed E-state index contributed by atoms with van der Waals surface area (Å²) >= 11 is 1.93. The summed E-state index contributed by atoms with van der Waals surface area (Å²) in [6.45, 7) is 11.2. The summed E-state index contributed by atoms with van der Waals surface area (Å²) in [5, 5.41) is 0. The minimum absolute atomic E-state index is 0.657. The van der Waals surface area contributed by atoms with Gasteiger partial charge >= 0.3 is 0 Å². The molecule has 0 unspecified atom stereocenters. The van der Waals surface area contributed by atoms with Crippen molar-refractivity contribution in [1.82, 2.24) is 4.31 Å². The molecule has 0 radical (unpaired) electrons. The van der Waals surface area contributed by atoms with Gasteiger partial charge in [0, 0.05) is 17.8 Å². The van der Waals surface area contributed by atoms with Crippen molar-refractivity contribution in [2.45, 2.75) is 46.7 Å². The third-order valence-corrected chi connectivity index (χ3v) is 2.70. The number of hydrogen-bond donors (Lipinski definition) is 0. The van der Waals surface area contributed by atoms with Crippen molar-refractivity contribution in [3.8, 4) is 0 Å². The summed E-state index contributed by atoms with van der Waals surface area (Å²) < 4.78 is 2.43. The van der Waals surface area contributed by atoms with Crippen LogP contribution in [-0.2, 0) is 0 Å². The van der Waals surface area contributed by atoms with Gasteiger partial charge in [-0.05, 0) is 27.7 Å². The van der Waals surface area contributed by atoms with Gasteiger partial charge in [-0.3, -0.25) is 0 Å².